The van der Waals surface area contributed by atoms with Crippen LogP contribution in [-0.4, -0.2) is 44.7 Å². The van der Waals surface area contributed by atoms with Crippen LogP contribution in [0.25, 0.3) is 0 Å². The fraction of sp³-hybridized carbons (Fsp3) is 0.529. The van der Waals surface area contributed by atoms with Gasteiger partial charge in [-0.3, -0.25) is 9.88 Å². The second kappa shape index (κ2) is 6.18. The molecule has 2 aromatic heterocycles. The number of pyridine rings is 1. The van der Waals surface area contributed by atoms with Gasteiger partial charge in [0, 0.05) is 56.4 Å². The summed E-state index contributed by atoms with van der Waals surface area (Å²) in [5.41, 5.74) is 1.29. The second-order valence-electron chi connectivity index (χ2n) is 6.33. The van der Waals surface area contributed by atoms with Gasteiger partial charge in [-0.2, -0.15) is 0 Å². The van der Waals surface area contributed by atoms with E-state index in [-0.39, 0.29) is 0 Å². The average Bonchev–Trinajstić information content (AvgIpc) is 3.20. The van der Waals surface area contributed by atoms with E-state index in [1.165, 1.54) is 18.4 Å². The van der Waals surface area contributed by atoms with Crippen LogP contribution in [0.3, 0.4) is 0 Å². The van der Waals surface area contributed by atoms with Gasteiger partial charge in [0.25, 0.3) is 0 Å². The minimum atomic E-state index is 0.354. The monoisotopic (exact) mass is 298 g/mol. The molecular weight excluding hydrogens is 276 g/mol. The Morgan fingerprint density at radius 2 is 2.23 bits per heavy atom. The summed E-state index contributed by atoms with van der Waals surface area (Å²) in [7, 11) is 0. The van der Waals surface area contributed by atoms with E-state index < -0.39 is 0 Å². The summed E-state index contributed by atoms with van der Waals surface area (Å²) >= 11 is 0. The number of ether oxygens (including phenoxy) is 1. The molecule has 3 atom stereocenters. The molecule has 4 rings (SSSR count). The van der Waals surface area contributed by atoms with Crippen LogP contribution < -0.4 is 0 Å². The summed E-state index contributed by atoms with van der Waals surface area (Å²) in [5, 5.41) is 0. The van der Waals surface area contributed by atoms with Crippen molar-refractivity contribution in [2.75, 3.05) is 13.2 Å². The van der Waals surface area contributed by atoms with Gasteiger partial charge in [0.2, 0.25) is 0 Å². The Kier molecular flexibility index (Phi) is 3.91. The van der Waals surface area contributed by atoms with Crippen LogP contribution in [0.2, 0.25) is 0 Å². The molecule has 1 saturated carbocycles. The van der Waals surface area contributed by atoms with Crippen molar-refractivity contribution in [3.05, 3.63) is 48.8 Å². The fourth-order valence-electron chi connectivity index (χ4n) is 3.92. The predicted octanol–water partition coefficient (Wildman–Crippen LogP) is 1.96. The van der Waals surface area contributed by atoms with Crippen molar-refractivity contribution in [1.82, 2.24) is 19.4 Å². The van der Waals surface area contributed by atoms with Gasteiger partial charge in [-0.1, -0.05) is 6.07 Å². The molecule has 0 spiro atoms. The summed E-state index contributed by atoms with van der Waals surface area (Å²) in [6, 6.07) is 4.72. The number of morpholine rings is 1. The molecule has 3 unspecified atom stereocenters. The third-order valence-electron chi connectivity index (χ3n) is 4.95. The Morgan fingerprint density at radius 3 is 3.05 bits per heavy atom. The fourth-order valence-corrected chi connectivity index (χ4v) is 3.92. The zero-order chi connectivity index (χ0) is 14.8. The quantitative estimate of drug-likeness (QED) is 0.865. The maximum atomic E-state index is 6.14. The summed E-state index contributed by atoms with van der Waals surface area (Å²) in [4.78, 5) is 11.0. The van der Waals surface area contributed by atoms with E-state index in [4.69, 9.17) is 4.74 Å². The van der Waals surface area contributed by atoms with E-state index in [0.29, 0.717) is 18.1 Å². The predicted molar refractivity (Wildman–Crippen MR) is 83.1 cm³/mol. The van der Waals surface area contributed by atoms with E-state index in [9.17, 15) is 0 Å². The zero-order valence-corrected chi connectivity index (χ0v) is 12.7. The average molecular weight is 298 g/mol. The van der Waals surface area contributed by atoms with Gasteiger partial charge in [0.05, 0.1) is 19.0 Å². The molecule has 1 saturated heterocycles. The molecule has 116 valence electrons. The first-order chi connectivity index (χ1) is 10.9. The third-order valence-corrected chi connectivity index (χ3v) is 4.95. The Bertz CT molecular complexity index is 586. The Morgan fingerprint density at radius 1 is 1.23 bits per heavy atom. The van der Waals surface area contributed by atoms with Gasteiger partial charge in [-0.05, 0) is 24.5 Å². The molecule has 3 heterocycles. The smallest absolute Gasteiger partial charge is 0.0946 e. The zero-order valence-electron chi connectivity index (χ0n) is 12.7. The number of rotatable bonds is 4. The Labute approximate surface area is 130 Å². The van der Waals surface area contributed by atoms with Crippen molar-refractivity contribution >= 4 is 0 Å². The van der Waals surface area contributed by atoms with Crippen LogP contribution in [0.1, 0.15) is 18.4 Å². The number of hydrogen-bond acceptors (Lipinski definition) is 4. The molecule has 2 aromatic rings. The van der Waals surface area contributed by atoms with Gasteiger partial charge >= 0.3 is 0 Å². The number of nitrogens with zero attached hydrogens (tertiary/aromatic N) is 4. The molecule has 0 radical (unpaired) electrons. The third kappa shape index (κ3) is 2.78. The van der Waals surface area contributed by atoms with Crippen molar-refractivity contribution in [3.63, 3.8) is 0 Å². The molecule has 5 nitrogen and oxygen atoms in total. The highest BCUT2D eigenvalue weighted by atomic mass is 16.5. The molecular formula is C17H22N4O. The van der Waals surface area contributed by atoms with Crippen molar-refractivity contribution in [1.29, 1.82) is 0 Å². The normalized spacial score (nSPS) is 28.6. The van der Waals surface area contributed by atoms with Crippen LogP contribution in [-0.2, 0) is 17.8 Å². The lowest BCUT2D eigenvalue weighted by molar-refractivity contribution is -0.0786. The van der Waals surface area contributed by atoms with E-state index >= 15 is 0 Å². The van der Waals surface area contributed by atoms with Crippen LogP contribution in [0.5, 0.6) is 0 Å². The van der Waals surface area contributed by atoms with Gasteiger partial charge < -0.3 is 9.30 Å². The standard InChI is InChI=1S/C17H22N4O/c1-2-14(10-18-5-1)11-21-8-9-22-17-15(3-4-16(17)21)12-20-7-6-19-13-20/h1-2,5-7,10,13,15-17H,3-4,8-9,11-12H2. The summed E-state index contributed by atoms with van der Waals surface area (Å²) in [6.07, 6.45) is 12.4. The van der Waals surface area contributed by atoms with Gasteiger partial charge in [0.1, 0.15) is 0 Å². The maximum absolute atomic E-state index is 6.14. The largest absolute Gasteiger partial charge is 0.375 e. The van der Waals surface area contributed by atoms with E-state index in [0.717, 1.165) is 26.2 Å². The van der Waals surface area contributed by atoms with E-state index in [2.05, 4.69) is 25.5 Å². The topological polar surface area (TPSA) is 43.2 Å². The van der Waals surface area contributed by atoms with Gasteiger partial charge in [-0.15, -0.1) is 0 Å². The minimum absolute atomic E-state index is 0.354. The van der Waals surface area contributed by atoms with E-state index in [1.807, 2.05) is 37.2 Å². The van der Waals surface area contributed by atoms with Crippen LogP contribution >= 0.6 is 0 Å². The summed E-state index contributed by atoms with van der Waals surface area (Å²) < 4.78 is 8.32. The molecule has 5 heteroatoms. The van der Waals surface area contributed by atoms with E-state index in [1.54, 1.807) is 0 Å². The van der Waals surface area contributed by atoms with Gasteiger partial charge in [-0.25, -0.2) is 4.98 Å². The molecule has 2 fully saturated rings. The highest BCUT2D eigenvalue weighted by molar-refractivity contribution is 5.09. The first-order valence-corrected chi connectivity index (χ1v) is 8.10. The lowest BCUT2D eigenvalue weighted by atomic mass is 10.0. The van der Waals surface area contributed by atoms with Crippen molar-refractivity contribution in [2.24, 2.45) is 5.92 Å². The first-order valence-electron chi connectivity index (χ1n) is 8.10. The van der Waals surface area contributed by atoms with Crippen LogP contribution in [0.4, 0.5) is 0 Å². The number of imidazole rings is 1. The van der Waals surface area contributed by atoms with Crippen molar-refractivity contribution in [3.8, 4) is 0 Å². The SMILES string of the molecule is c1cncc(CN2CCOC3C(Cn4ccnc4)CCC32)c1. The molecule has 0 bridgehead atoms. The van der Waals surface area contributed by atoms with Crippen molar-refractivity contribution < 1.29 is 4.74 Å². The molecule has 2 aliphatic rings. The maximum Gasteiger partial charge on any atom is 0.0946 e. The lowest BCUT2D eigenvalue weighted by Crippen LogP contribution is -2.50. The summed E-state index contributed by atoms with van der Waals surface area (Å²) in [5.74, 6) is 0.593. The number of fused-ring (bicyclic) bond motifs is 1. The first kappa shape index (κ1) is 13.9. The lowest BCUT2D eigenvalue weighted by Gasteiger charge is -2.39. The number of aromatic nitrogens is 3. The highest BCUT2D eigenvalue weighted by Gasteiger charge is 2.42. The molecule has 0 amide bonds. The van der Waals surface area contributed by atoms with Crippen LogP contribution in [0, 0.1) is 5.92 Å². The van der Waals surface area contributed by atoms with Crippen LogP contribution in [0.15, 0.2) is 43.2 Å². The molecule has 0 aromatic carbocycles. The molecule has 0 N–H and O–H groups in total. The second-order valence-corrected chi connectivity index (χ2v) is 6.33. The van der Waals surface area contributed by atoms with Crippen molar-refractivity contribution in [2.45, 2.75) is 38.1 Å². The molecule has 1 aliphatic heterocycles. The highest BCUT2D eigenvalue weighted by Crippen LogP contribution is 2.36. The molecule has 22 heavy (non-hydrogen) atoms. The van der Waals surface area contributed by atoms with Gasteiger partial charge in [0.15, 0.2) is 0 Å². The minimum Gasteiger partial charge on any atom is -0.375 e. The molecule has 1 aliphatic carbocycles. The Hall–Kier alpha value is -1.72. The summed E-state index contributed by atoms with van der Waals surface area (Å²) in [6.45, 7) is 3.85. The number of hydrogen-bond donors (Lipinski definition) is 0. The Balaban J connectivity index is 1.44.